The van der Waals surface area contributed by atoms with E-state index in [9.17, 15) is 9.59 Å². The Morgan fingerprint density at radius 1 is 0.857 bits per heavy atom. The molecule has 0 aliphatic rings. The number of amides is 2. The lowest BCUT2D eigenvalue weighted by atomic mass is 10.1. The van der Waals surface area contributed by atoms with Crippen molar-refractivity contribution < 1.29 is 19.1 Å². The van der Waals surface area contributed by atoms with Gasteiger partial charge in [-0.15, -0.1) is 0 Å². The van der Waals surface area contributed by atoms with Gasteiger partial charge in [0.25, 0.3) is 0 Å². The smallest absolute Gasteiger partial charge is 0.411 e. The molecule has 2 aromatic carbocycles. The Balaban J connectivity index is 2.11. The average molecular weight is 286 g/mol. The zero-order valence-electron chi connectivity index (χ0n) is 11.3. The van der Waals surface area contributed by atoms with Crippen molar-refractivity contribution in [2.75, 3.05) is 7.05 Å². The number of carbonyl (C=O) groups excluding carboxylic acids is 2. The van der Waals surface area contributed by atoms with Crippen molar-refractivity contribution >= 4 is 12.2 Å². The number of primary amides is 1. The average Bonchev–Trinajstić information content (AvgIpc) is 2.48. The van der Waals surface area contributed by atoms with Crippen LogP contribution in [0.4, 0.5) is 9.59 Å². The van der Waals surface area contributed by atoms with Gasteiger partial charge in [0.15, 0.2) is 0 Å². The molecule has 0 saturated heterocycles. The Morgan fingerprint density at radius 2 is 1.29 bits per heavy atom. The number of hydrogen-bond acceptors (Lipinski definition) is 4. The summed E-state index contributed by atoms with van der Waals surface area (Å²) in [5.41, 5.74) is 6.80. The van der Waals surface area contributed by atoms with Crippen LogP contribution in [0.1, 0.15) is 0 Å². The standard InChI is InChI=1S/C15H14N2O4/c1-17-15(19)21-13-8-4-11(5-9-13)10-2-6-12(7-3-10)20-14(16)18/h2-9H,1H3,(H2,16,18)(H,17,19). The highest BCUT2D eigenvalue weighted by molar-refractivity contribution is 5.71. The van der Waals surface area contributed by atoms with Crippen LogP contribution in [0.15, 0.2) is 48.5 Å². The molecular formula is C15H14N2O4. The van der Waals surface area contributed by atoms with Crippen LogP contribution in [0.2, 0.25) is 0 Å². The highest BCUT2D eigenvalue weighted by Crippen LogP contribution is 2.24. The maximum Gasteiger partial charge on any atom is 0.412 e. The fourth-order valence-corrected chi connectivity index (χ4v) is 1.71. The molecule has 0 aromatic heterocycles. The first kappa shape index (κ1) is 14.4. The summed E-state index contributed by atoms with van der Waals surface area (Å²) in [6.45, 7) is 0. The third-order valence-corrected chi connectivity index (χ3v) is 2.68. The summed E-state index contributed by atoms with van der Waals surface area (Å²) < 4.78 is 9.75. The molecule has 108 valence electrons. The number of nitrogens with two attached hydrogens (primary N) is 1. The molecule has 0 spiro atoms. The second kappa shape index (κ2) is 6.42. The maximum atomic E-state index is 11.1. The van der Waals surface area contributed by atoms with E-state index in [1.165, 1.54) is 7.05 Å². The molecule has 0 fully saturated rings. The van der Waals surface area contributed by atoms with Gasteiger partial charge in [0, 0.05) is 7.05 Å². The molecule has 0 aliphatic heterocycles. The van der Waals surface area contributed by atoms with Crippen LogP contribution >= 0.6 is 0 Å². The minimum Gasteiger partial charge on any atom is -0.411 e. The molecule has 0 bridgehead atoms. The number of ether oxygens (including phenoxy) is 2. The zero-order chi connectivity index (χ0) is 15.2. The van der Waals surface area contributed by atoms with Crippen molar-refractivity contribution in [1.29, 1.82) is 0 Å². The van der Waals surface area contributed by atoms with E-state index in [4.69, 9.17) is 15.2 Å². The van der Waals surface area contributed by atoms with Crippen LogP contribution < -0.4 is 20.5 Å². The second-order valence-electron chi connectivity index (χ2n) is 4.11. The molecule has 6 heteroatoms. The zero-order valence-corrected chi connectivity index (χ0v) is 11.3. The summed E-state index contributed by atoms with van der Waals surface area (Å²) in [7, 11) is 1.49. The lowest BCUT2D eigenvalue weighted by molar-refractivity contribution is 0.203. The van der Waals surface area contributed by atoms with Crippen LogP contribution in [0, 0.1) is 0 Å². The van der Waals surface area contributed by atoms with Crippen molar-refractivity contribution in [3.05, 3.63) is 48.5 Å². The van der Waals surface area contributed by atoms with Gasteiger partial charge < -0.3 is 20.5 Å². The Morgan fingerprint density at radius 3 is 1.67 bits per heavy atom. The highest BCUT2D eigenvalue weighted by atomic mass is 16.6. The van der Waals surface area contributed by atoms with Crippen LogP contribution in [0.5, 0.6) is 11.5 Å². The first-order chi connectivity index (χ1) is 10.1. The van der Waals surface area contributed by atoms with E-state index in [1.54, 1.807) is 36.4 Å². The van der Waals surface area contributed by atoms with E-state index >= 15 is 0 Å². The monoisotopic (exact) mass is 286 g/mol. The minimum atomic E-state index is -0.849. The van der Waals surface area contributed by atoms with Crippen LogP contribution in [-0.2, 0) is 0 Å². The summed E-state index contributed by atoms with van der Waals surface area (Å²) in [6.07, 6.45) is -1.37. The topological polar surface area (TPSA) is 90.7 Å². The molecule has 3 N–H and O–H groups in total. The molecule has 2 amide bonds. The molecule has 0 radical (unpaired) electrons. The molecule has 2 aromatic rings. The van der Waals surface area contributed by atoms with Gasteiger partial charge in [-0.25, -0.2) is 9.59 Å². The van der Waals surface area contributed by atoms with Gasteiger partial charge in [0.2, 0.25) is 0 Å². The summed E-state index contributed by atoms with van der Waals surface area (Å²) in [5.74, 6) is 0.831. The SMILES string of the molecule is CNC(=O)Oc1ccc(-c2ccc(OC(N)=O)cc2)cc1. The van der Waals surface area contributed by atoms with E-state index < -0.39 is 12.2 Å². The second-order valence-corrected chi connectivity index (χ2v) is 4.11. The van der Waals surface area contributed by atoms with Gasteiger partial charge in [0.1, 0.15) is 11.5 Å². The Bertz CT molecular complexity index is 636. The van der Waals surface area contributed by atoms with Crippen molar-refractivity contribution in [2.45, 2.75) is 0 Å². The fraction of sp³-hybridized carbons (Fsp3) is 0.0667. The van der Waals surface area contributed by atoms with Crippen molar-refractivity contribution in [1.82, 2.24) is 5.32 Å². The van der Waals surface area contributed by atoms with Crippen molar-refractivity contribution in [2.24, 2.45) is 5.73 Å². The molecule has 0 aliphatic carbocycles. The van der Waals surface area contributed by atoms with Crippen LogP contribution in [0.3, 0.4) is 0 Å². The molecule has 0 saturated carbocycles. The summed E-state index contributed by atoms with van der Waals surface area (Å²) in [5, 5.41) is 2.37. The first-order valence-corrected chi connectivity index (χ1v) is 6.16. The Hall–Kier alpha value is -3.02. The Labute approximate surface area is 121 Å². The summed E-state index contributed by atoms with van der Waals surface area (Å²) >= 11 is 0. The van der Waals surface area contributed by atoms with E-state index in [0.29, 0.717) is 11.5 Å². The Kier molecular flexibility index (Phi) is 4.40. The number of hydrogen-bond donors (Lipinski definition) is 2. The van der Waals surface area contributed by atoms with Crippen molar-refractivity contribution in [3.8, 4) is 22.6 Å². The van der Waals surface area contributed by atoms with E-state index in [2.05, 4.69) is 5.32 Å². The quantitative estimate of drug-likeness (QED) is 0.907. The van der Waals surface area contributed by atoms with Gasteiger partial charge in [-0.2, -0.15) is 0 Å². The van der Waals surface area contributed by atoms with Gasteiger partial charge in [-0.3, -0.25) is 0 Å². The van der Waals surface area contributed by atoms with Crippen LogP contribution in [-0.4, -0.2) is 19.2 Å². The van der Waals surface area contributed by atoms with E-state index in [1.807, 2.05) is 12.1 Å². The van der Waals surface area contributed by atoms with Gasteiger partial charge >= 0.3 is 12.2 Å². The van der Waals surface area contributed by atoms with E-state index in [-0.39, 0.29) is 0 Å². The fourth-order valence-electron chi connectivity index (χ4n) is 1.71. The molecular weight excluding hydrogens is 272 g/mol. The summed E-state index contributed by atoms with van der Waals surface area (Å²) in [6, 6.07) is 13.9. The molecule has 2 rings (SSSR count). The summed E-state index contributed by atoms with van der Waals surface area (Å²) in [4.78, 5) is 21.7. The highest BCUT2D eigenvalue weighted by Gasteiger charge is 2.03. The van der Waals surface area contributed by atoms with Crippen LogP contribution in [0.25, 0.3) is 11.1 Å². The molecule has 0 atom stereocenters. The van der Waals surface area contributed by atoms with Crippen molar-refractivity contribution in [3.63, 3.8) is 0 Å². The largest absolute Gasteiger partial charge is 0.412 e. The van der Waals surface area contributed by atoms with Gasteiger partial charge in [-0.05, 0) is 35.4 Å². The van der Waals surface area contributed by atoms with Gasteiger partial charge in [0.05, 0.1) is 0 Å². The third kappa shape index (κ3) is 3.97. The van der Waals surface area contributed by atoms with Gasteiger partial charge in [-0.1, -0.05) is 24.3 Å². The maximum absolute atomic E-state index is 11.1. The predicted molar refractivity (Wildman–Crippen MR) is 77.2 cm³/mol. The molecule has 6 nitrogen and oxygen atoms in total. The molecule has 21 heavy (non-hydrogen) atoms. The minimum absolute atomic E-state index is 0.380. The first-order valence-electron chi connectivity index (χ1n) is 6.16. The lowest BCUT2D eigenvalue weighted by Crippen LogP contribution is -2.21. The third-order valence-electron chi connectivity index (χ3n) is 2.68. The number of nitrogens with one attached hydrogen (secondary N) is 1. The lowest BCUT2D eigenvalue weighted by Gasteiger charge is -2.06. The van der Waals surface area contributed by atoms with E-state index in [0.717, 1.165) is 11.1 Å². The normalized spacial score (nSPS) is 9.76. The number of rotatable bonds is 3. The number of benzene rings is 2. The molecule has 0 unspecified atom stereocenters. The molecule has 0 heterocycles. The predicted octanol–water partition coefficient (Wildman–Crippen LogP) is 2.53. The number of carbonyl (C=O) groups is 2.